The number of nitriles is 1. The molecule has 16 heavy (non-hydrogen) atoms. The third-order valence-corrected chi connectivity index (χ3v) is 2.14. The van der Waals surface area contributed by atoms with Crippen LogP contribution in [0.15, 0.2) is 12.1 Å². The van der Waals surface area contributed by atoms with Gasteiger partial charge in [0.05, 0.1) is 22.1 Å². The maximum atomic E-state index is 10.7. The molecule has 0 amide bonds. The molecule has 0 heterocycles. The Morgan fingerprint density at radius 3 is 2.69 bits per heavy atom. The highest BCUT2D eigenvalue weighted by atomic mass is 16.6. The van der Waals surface area contributed by atoms with Crippen LogP contribution < -0.4 is 11.5 Å². The molecule has 0 saturated heterocycles. The Morgan fingerprint density at radius 2 is 2.25 bits per heavy atom. The van der Waals surface area contributed by atoms with Gasteiger partial charge >= 0.3 is 0 Å². The Balaban J connectivity index is 3.50. The van der Waals surface area contributed by atoms with Crippen molar-refractivity contribution >= 4 is 5.69 Å². The van der Waals surface area contributed by atoms with Crippen molar-refractivity contribution in [3.63, 3.8) is 0 Å². The van der Waals surface area contributed by atoms with Crippen molar-refractivity contribution < 1.29 is 10.0 Å². The number of nitro groups is 1. The molecule has 0 radical (unpaired) electrons. The summed E-state index contributed by atoms with van der Waals surface area (Å²) in [5.41, 5.74) is 10.3. The molecule has 0 aliphatic rings. The molecule has 0 bridgehead atoms. The van der Waals surface area contributed by atoms with E-state index in [0.29, 0.717) is 0 Å². The predicted molar refractivity (Wildman–Crippen MR) is 55.5 cm³/mol. The maximum Gasteiger partial charge on any atom is 0.278 e. The Morgan fingerprint density at radius 1 is 1.62 bits per heavy atom. The van der Waals surface area contributed by atoms with E-state index in [1.807, 2.05) is 0 Å². The molecule has 7 heteroatoms. The number of nitro benzene ring substituents is 1. The number of phenols is 1. The van der Waals surface area contributed by atoms with Gasteiger partial charge in [0, 0.05) is 12.6 Å². The summed E-state index contributed by atoms with van der Waals surface area (Å²) >= 11 is 0. The molecule has 0 aromatic heterocycles. The lowest BCUT2D eigenvalue weighted by molar-refractivity contribution is -0.385. The lowest BCUT2D eigenvalue weighted by atomic mass is 10.0. The van der Waals surface area contributed by atoms with Gasteiger partial charge in [0.25, 0.3) is 5.69 Å². The van der Waals surface area contributed by atoms with Crippen molar-refractivity contribution in [3.8, 4) is 11.8 Å². The van der Waals surface area contributed by atoms with Crippen LogP contribution in [0.3, 0.4) is 0 Å². The van der Waals surface area contributed by atoms with Gasteiger partial charge in [-0.1, -0.05) is 0 Å². The van der Waals surface area contributed by atoms with Crippen LogP contribution in [0.25, 0.3) is 0 Å². The SMILES string of the molecule is N#Cc1ccc([N+](=O)[O-])c([C@@H](N)CN)c1O. The summed E-state index contributed by atoms with van der Waals surface area (Å²) in [6, 6.07) is 3.13. The largest absolute Gasteiger partial charge is 0.506 e. The molecule has 1 atom stereocenters. The van der Waals surface area contributed by atoms with Crippen LogP contribution in [-0.2, 0) is 0 Å². The van der Waals surface area contributed by atoms with Gasteiger partial charge in [0.2, 0.25) is 0 Å². The Kier molecular flexibility index (Phi) is 3.40. The second kappa shape index (κ2) is 4.57. The van der Waals surface area contributed by atoms with Gasteiger partial charge in [-0.2, -0.15) is 5.26 Å². The van der Waals surface area contributed by atoms with Crippen LogP contribution in [0.4, 0.5) is 5.69 Å². The summed E-state index contributed by atoms with van der Waals surface area (Å²) in [6.45, 7) is -0.0662. The maximum absolute atomic E-state index is 10.7. The molecule has 5 N–H and O–H groups in total. The van der Waals surface area contributed by atoms with E-state index in [0.717, 1.165) is 6.07 Å². The van der Waals surface area contributed by atoms with E-state index in [2.05, 4.69) is 0 Å². The van der Waals surface area contributed by atoms with Crippen LogP contribution in [0.5, 0.6) is 5.75 Å². The van der Waals surface area contributed by atoms with Gasteiger partial charge in [0.15, 0.2) is 0 Å². The summed E-state index contributed by atoms with van der Waals surface area (Å²) < 4.78 is 0. The molecular weight excluding hydrogens is 212 g/mol. The third-order valence-electron chi connectivity index (χ3n) is 2.14. The zero-order valence-electron chi connectivity index (χ0n) is 8.25. The normalized spacial score (nSPS) is 11.8. The lowest BCUT2D eigenvalue weighted by Gasteiger charge is -2.12. The minimum absolute atomic E-state index is 0.0653. The van der Waals surface area contributed by atoms with Crippen molar-refractivity contribution in [1.29, 1.82) is 5.26 Å². The van der Waals surface area contributed by atoms with Gasteiger partial charge in [-0.05, 0) is 6.07 Å². The summed E-state index contributed by atoms with van der Waals surface area (Å²) in [4.78, 5) is 10.0. The highest BCUT2D eigenvalue weighted by Gasteiger charge is 2.24. The quantitative estimate of drug-likeness (QED) is 0.490. The number of benzene rings is 1. The van der Waals surface area contributed by atoms with E-state index in [-0.39, 0.29) is 23.4 Å². The number of rotatable bonds is 3. The molecule has 7 nitrogen and oxygen atoms in total. The number of aromatic hydroxyl groups is 1. The highest BCUT2D eigenvalue weighted by Crippen LogP contribution is 2.34. The lowest BCUT2D eigenvalue weighted by Crippen LogP contribution is -2.22. The van der Waals surface area contributed by atoms with E-state index in [1.165, 1.54) is 6.07 Å². The van der Waals surface area contributed by atoms with E-state index in [4.69, 9.17) is 16.7 Å². The van der Waals surface area contributed by atoms with Crippen molar-refractivity contribution in [2.24, 2.45) is 11.5 Å². The second-order valence-corrected chi connectivity index (χ2v) is 3.11. The molecule has 0 aliphatic heterocycles. The second-order valence-electron chi connectivity index (χ2n) is 3.11. The van der Waals surface area contributed by atoms with Crippen molar-refractivity contribution in [2.45, 2.75) is 6.04 Å². The number of phenolic OH excluding ortho intramolecular Hbond substituents is 1. The predicted octanol–water partition coefficient (Wildman–Crippen LogP) is 0.131. The number of nitrogens with zero attached hydrogens (tertiary/aromatic N) is 2. The fourth-order valence-electron chi connectivity index (χ4n) is 1.33. The van der Waals surface area contributed by atoms with E-state index >= 15 is 0 Å². The molecule has 0 aliphatic carbocycles. The monoisotopic (exact) mass is 222 g/mol. The summed E-state index contributed by atoms with van der Waals surface area (Å²) in [5.74, 6) is -0.477. The fraction of sp³-hybridized carbons (Fsp3) is 0.222. The number of hydrogen-bond donors (Lipinski definition) is 3. The van der Waals surface area contributed by atoms with Crippen molar-refractivity contribution in [2.75, 3.05) is 6.54 Å². The highest BCUT2D eigenvalue weighted by molar-refractivity contribution is 5.58. The first-order chi connectivity index (χ1) is 7.52. The van der Waals surface area contributed by atoms with Crippen LogP contribution in [-0.4, -0.2) is 16.6 Å². The summed E-state index contributed by atoms with van der Waals surface area (Å²) in [7, 11) is 0. The first-order valence-electron chi connectivity index (χ1n) is 4.39. The third kappa shape index (κ3) is 1.93. The molecule has 0 saturated carbocycles. The van der Waals surface area contributed by atoms with Gasteiger partial charge in [-0.25, -0.2) is 0 Å². The van der Waals surface area contributed by atoms with Crippen LogP contribution in [0.1, 0.15) is 17.2 Å². The average molecular weight is 222 g/mol. The van der Waals surface area contributed by atoms with Crippen molar-refractivity contribution in [3.05, 3.63) is 33.4 Å². The van der Waals surface area contributed by atoms with E-state index in [1.54, 1.807) is 6.07 Å². The van der Waals surface area contributed by atoms with Crippen molar-refractivity contribution in [1.82, 2.24) is 0 Å². The zero-order valence-corrected chi connectivity index (χ0v) is 8.25. The van der Waals surface area contributed by atoms with Crippen LogP contribution in [0, 0.1) is 21.4 Å². The standard InChI is InChI=1S/C9H10N4O3/c10-3-5-1-2-7(13(15)16)8(9(5)14)6(12)4-11/h1-2,6,14H,4,11-12H2/t6-/m0/s1. The minimum atomic E-state index is -0.881. The van der Waals surface area contributed by atoms with E-state index in [9.17, 15) is 15.2 Å². The molecule has 0 spiro atoms. The Hall–Kier alpha value is -2.17. The minimum Gasteiger partial charge on any atom is -0.506 e. The molecule has 1 aromatic carbocycles. The number of hydrogen-bond acceptors (Lipinski definition) is 6. The van der Waals surface area contributed by atoms with Gasteiger partial charge in [0.1, 0.15) is 11.8 Å². The molecule has 1 rings (SSSR count). The van der Waals surface area contributed by atoms with Crippen LogP contribution in [0.2, 0.25) is 0 Å². The smallest absolute Gasteiger partial charge is 0.278 e. The molecule has 0 fully saturated rings. The molecule has 0 unspecified atom stereocenters. The van der Waals surface area contributed by atoms with E-state index < -0.39 is 16.7 Å². The zero-order chi connectivity index (χ0) is 12.3. The average Bonchev–Trinajstić information content (AvgIpc) is 2.27. The summed E-state index contributed by atoms with van der Waals surface area (Å²) in [6.07, 6.45) is 0. The number of nitrogens with two attached hydrogens (primary N) is 2. The first-order valence-corrected chi connectivity index (χ1v) is 4.39. The molecule has 1 aromatic rings. The topological polar surface area (TPSA) is 139 Å². The van der Waals surface area contributed by atoms with Crippen LogP contribution >= 0.6 is 0 Å². The fourth-order valence-corrected chi connectivity index (χ4v) is 1.33. The Labute approximate surface area is 91.0 Å². The molecular formula is C9H10N4O3. The first kappa shape index (κ1) is 11.9. The van der Waals surface area contributed by atoms with Gasteiger partial charge in [-0.3, -0.25) is 10.1 Å². The van der Waals surface area contributed by atoms with Gasteiger partial charge in [-0.15, -0.1) is 0 Å². The molecule has 84 valence electrons. The summed E-state index contributed by atoms with van der Waals surface area (Å²) in [5, 5.41) is 29.0. The Bertz CT molecular complexity index is 467. The van der Waals surface area contributed by atoms with Gasteiger partial charge < -0.3 is 16.6 Å².